The van der Waals surface area contributed by atoms with Crippen molar-refractivity contribution >= 4 is 27.3 Å². The summed E-state index contributed by atoms with van der Waals surface area (Å²) in [6.07, 6.45) is 3.66. The zero-order chi connectivity index (χ0) is 11.4. The average Bonchev–Trinajstić information content (AvgIpc) is 2.74. The Labute approximate surface area is 108 Å². The molecule has 4 heteroatoms. The Morgan fingerprint density at radius 3 is 2.88 bits per heavy atom. The molecule has 16 heavy (non-hydrogen) atoms. The van der Waals surface area contributed by atoms with Crippen LogP contribution in [0.15, 0.2) is 39.6 Å². The van der Waals surface area contributed by atoms with E-state index in [4.69, 9.17) is 5.73 Å². The van der Waals surface area contributed by atoms with Gasteiger partial charge in [0.1, 0.15) is 0 Å². The maximum atomic E-state index is 6.14. The van der Waals surface area contributed by atoms with Crippen LogP contribution in [-0.4, -0.2) is 4.98 Å². The van der Waals surface area contributed by atoms with E-state index < -0.39 is 0 Å². The second-order valence-corrected chi connectivity index (χ2v) is 5.24. The van der Waals surface area contributed by atoms with E-state index >= 15 is 0 Å². The van der Waals surface area contributed by atoms with Crippen molar-refractivity contribution in [3.05, 3.63) is 50.9 Å². The van der Waals surface area contributed by atoms with Gasteiger partial charge in [0.15, 0.2) is 0 Å². The zero-order valence-corrected chi connectivity index (χ0v) is 11.2. The molecular formula is C12H13BrN2S. The Hall–Kier alpha value is -0.710. The number of thiophene rings is 1. The molecule has 1 unspecified atom stereocenters. The van der Waals surface area contributed by atoms with Gasteiger partial charge in [-0.1, -0.05) is 6.07 Å². The molecular weight excluding hydrogens is 284 g/mol. The van der Waals surface area contributed by atoms with E-state index in [1.807, 2.05) is 24.4 Å². The lowest BCUT2D eigenvalue weighted by molar-refractivity contribution is 0.644. The van der Waals surface area contributed by atoms with Gasteiger partial charge >= 0.3 is 0 Å². The van der Waals surface area contributed by atoms with Gasteiger partial charge in [0.05, 0.1) is 0 Å². The minimum Gasteiger partial charge on any atom is -0.324 e. The SMILES string of the molecule is NC(CCc1ccccn1)c1cscc1Br. The van der Waals surface area contributed by atoms with Crippen LogP contribution in [0, 0.1) is 0 Å². The molecule has 0 radical (unpaired) electrons. The Kier molecular flexibility index (Phi) is 4.09. The molecule has 2 N–H and O–H groups in total. The van der Waals surface area contributed by atoms with Crippen LogP contribution in [0.1, 0.15) is 23.7 Å². The Balaban J connectivity index is 1.94. The second kappa shape index (κ2) is 5.57. The normalized spacial score (nSPS) is 12.6. The van der Waals surface area contributed by atoms with Gasteiger partial charge < -0.3 is 5.73 Å². The molecule has 84 valence electrons. The van der Waals surface area contributed by atoms with Crippen molar-refractivity contribution in [2.75, 3.05) is 0 Å². The largest absolute Gasteiger partial charge is 0.324 e. The van der Waals surface area contributed by atoms with Gasteiger partial charge in [-0.2, -0.15) is 11.3 Å². The number of hydrogen-bond donors (Lipinski definition) is 1. The maximum absolute atomic E-state index is 6.14. The highest BCUT2D eigenvalue weighted by molar-refractivity contribution is 9.10. The van der Waals surface area contributed by atoms with Crippen molar-refractivity contribution in [2.24, 2.45) is 5.73 Å². The summed E-state index contributed by atoms with van der Waals surface area (Å²) in [6.45, 7) is 0. The van der Waals surface area contributed by atoms with E-state index in [2.05, 4.69) is 31.7 Å². The molecule has 0 saturated carbocycles. The summed E-state index contributed by atoms with van der Waals surface area (Å²) in [6, 6.07) is 6.06. The van der Waals surface area contributed by atoms with Gasteiger partial charge in [0.25, 0.3) is 0 Å². The Morgan fingerprint density at radius 1 is 1.38 bits per heavy atom. The van der Waals surface area contributed by atoms with Crippen molar-refractivity contribution in [2.45, 2.75) is 18.9 Å². The molecule has 0 spiro atoms. The minimum absolute atomic E-state index is 0.0858. The summed E-state index contributed by atoms with van der Waals surface area (Å²) in [5, 5.41) is 4.17. The lowest BCUT2D eigenvalue weighted by Gasteiger charge is -2.10. The predicted octanol–water partition coefficient (Wildman–Crippen LogP) is 3.54. The first kappa shape index (κ1) is 11.8. The number of pyridine rings is 1. The molecule has 2 nitrogen and oxygen atoms in total. The van der Waals surface area contributed by atoms with Crippen LogP contribution in [0.5, 0.6) is 0 Å². The molecule has 0 amide bonds. The molecule has 0 aliphatic carbocycles. The number of aryl methyl sites for hydroxylation is 1. The van der Waals surface area contributed by atoms with E-state index in [1.165, 1.54) is 5.56 Å². The monoisotopic (exact) mass is 296 g/mol. The third kappa shape index (κ3) is 2.90. The molecule has 0 aliphatic rings. The third-order valence-electron chi connectivity index (χ3n) is 2.48. The van der Waals surface area contributed by atoms with Crippen molar-refractivity contribution < 1.29 is 0 Å². The molecule has 0 aromatic carbocycles. The molecule has 2 heterocycles. The van der Waals surface area contributed by atoms with Crippen LogP contribution in [0.4, 0.5) is 0 Å². The number of rotatable bonds is 4. The van der Waals surface area contributed by atoms with Crippen molar-refractivity contribution in [1.29, 1.82) is 0 Å². The fraction of sp³-hybridized carbons (Fsp3) is 0.250. The third-order valence-corrected chi connectivity index (χ3v) is 4.23. The highest BCUT2D eigenvalue weighted by atomic mass is 79.9. The van der Waals surface area contributed by atoms with Crippen LogP contribution in [0.25, 0.3) is 0 Å². The zero-order valence-electron chi connectivity index (χ0n) is 8.77. The van der Waals surface area contributed by atoms with Crippen LogP contribution < -0.4 is 5.73 Å². The van der Waals surface area contributed by atoms with Gasteiger partial charge in [-0.05, 0) is 51.8 Å². The highest BCUT2D eigenvalue weighted by Crippen LogP contribution is 2.28. The van der Waals surface area contributed by atoms with Crippen LogP contribution >= 0.6 is 27.3 Å². The first-order valence-electron chi connectivity index (χ1n) is 5.14. The fourth-order valence-electron chi connectivity index (χ4n) is 1.56. The van der Waals surface area contributed by atoms with Crippen molar-refractivity contribution in [3.8, 4) is 0 Å². The van der Waals surface area contributed by atoms with E-state index in [-0.39, 0.29) is 6.04 Å². The van der Waals surface area contributed by atoms with Crippen LogP contribution in [0.2, 0.25) is 0 Å². The standard InChI is InChI=1S/C12H13BrN2S/c13-11-8-16-7-10(11)12(14)5-4-9-3-1-2-6-15-9/h1-3,6-8,12H,4-5,14H2. The smallest absolute Gasteiger partial charge is 0.0404 e. The highest BCUT2D eigenvalue weighted by Gasteiger charge is 2.10. The number of nitrogens with zero attached hydrogens (tertiary/aromatic N) is 1. The van der Waals surface area contributed by atoms with Crippen LogP contribution in [-0.2, 0) is 6.42 Å². The molecule has 0 aliphatic heterocycles. The first-order chi connectivity index (χ1) is 7.77. The Bertz CT molecular complexity index is 441. The summed E-state index contributed by atoms with van der Waals surface area (Å²) in [5.41, 5.74) is 8.43. The van der Waals surface area contributed by atoms with E-state index in [1.54, 1.807) is 11.3 Å². The number of aromatic nitrogens is 1. The summed E-state index contributed by atoms with van der Waals surface area (Å²) in [4.78, 5) is 4.29. The molecule has 1 atom stereocenters. The molecule has 2 rings (SSSR count). The van der Waals surface area contributed by atoms with Crippen molar-refractivity contribution in [1.82, 2.24) is 4.98 Å². The molecule has 2 aromatic rings. The van der Waals surface area contributed by atoms with Gasteiger partial charge in [-0.3, -0.25) is 4.98 Å². The van der Waals surface area contributed by atoms with E-state index in [0.717, 1.165) is 23.0 Å². The van der Waals surface area contributed by atoms with Crippen LogP contribution in [0.3, 0.4) is 0 Å². The van der Waals surface area contributed by atoms with E-state index in [9.17, 15) is 0 Å². The van der Waals surface area contributed by atoms with Gasteiger partial charge in [-0.15, -0.1) is 0 Å². The molecule has 0 bridgehead atoms. The molecule has 0 saturated heterocycles. The quantitative estimate of drug-likeness (QED) is 0.937. The summed E-state index contributed by atoms with van der Waals surface area (Å²) >= 11 is 5.18. The average molecular weight is 297 g/mol. The topological polar surface area (TPSA) is 38.9 Å². The minimum atomic E-state index is 0.0858. The molecule has 0 fully saturated rings. The van der Waals surface area contributed by atoms with Gasteiger partial charge in [0.2, 0.25) is 0 Å². The lowest BCUT2D eigenvalue weighted by atomic mass is 10.0. The number of halogens is 1. The first-order valence-corrected chi connectivity index (χ1v) is 6.88. The van der Waals surface area contributed by atoms with Gasteiger partial charge in [0, 0.05) is 27.8 Å². The fourth-order valence-corrected chi connectivity index (χ4v) is 3.22. The predicted molar refractivity (Wildman–Crippen MR) is 71.5 cm³/mol. The summed E-state index contributed by atoms with van der Waals surface area (Å²) in [5.74, 6) is 0. The summed E-state index contributed by atoms with van der Waals surface area (Å²) < 4.78 is 1.12. The number of nitrogens with two attached hydrogens (primary N) is 1. The van der Waals surface area contributed by atoms with Gasteiger partial charge in [-0.25, -0.2) is 0 Å². The second-order valence-electron chi connectivity index (χ2n) is 3.64. The maximum Gasteiger partial charge on any atom is 0.0404 e. The lowest BCUT2D eigenvalue weighted by Crippen LogP contribution is -2.11. The Morgan fingerprint density at radius 2 is 2.25 bits per heavy atom. The number of hydrogen-bond acceptors (Lipinski definition) is 3. The van der Waals surface area contributed by atoms with Crippen molar-refractivity contribution in [3.63, 3.8) is 0 Å². The summed E-state index contributed by atoms with van der Waals surface area (Å²) in [7, 11) is 0. The molecule has 2 aromatic heterocycles. The van der Waals surface area contributed by atoms with E-state index in [0.29, 0.717) is 0 Å².